The Morgan fingerprint density at radius 1 is 1.03 bits per heavy atom. The summed E-state index contributed by atoms with van der Waals surface area (Å²) >= 11 is 0. The summed E-state index contributed by atoms with van der Waals surface area (Å²) in [6, 6.07) is 18.6. The fraction of sp³-hybridized carbons (Fsp3) is 0.625. The molecule has 36 heavy (non-hydrogen) atoms. The minimum absolute atomic E-state index is 0. The lowest BCUT2D eigenvalue weighted by Crippen LogP contribution is -2.51. The van der Waals surface area contributed by atoms with E-state index in [1.165, 1.54) is 61.8 Å². The summed E-state index contributed by atoms with van der Waals surface area (Å²) in [5.74, 6) is 1.48. The van der Waals surface area contributed by atoms with Gasteiger partial charge in [0, 0.05) is 37.4 Å². The smallest absolute Gasteiger partial charge is 0.0415 e. The summed E-state index contributed by atoms with van der Waals surface area (Å²) in [6.07, 6.45) is 10.0. The van der Waals surface area contributed by atoms with Gasteiger partial charge >= 0.3 is 0 Å². The Hall–Kier alpha value is -1.55. The summed E-state index contributed by atoms with van der Waals surface area (Å²) in [7, 11) is 0. The lowest BCUT2D eigenvalue weighted by Gasteiger charge is -2.42. The molecular weight excluding hydrogens is 462 g/mol. The van der Waals surface area contributed by atoms with Gasteiger partial charge in [-0.05, 0) is 78.5 Å². The highest BCUT2D eigenvalue weighted by atomic mass is 35.5. The molecule has 3 nitrogen and oxygen atoms in total. The second-order valence-electron chi connectivity index (χ2n) is 12.2. The van der Waals surface area contributed by atoms with Crippen LogP contribution in [0.2, 0.25) is 0 Å². The van der Waals surface area contributed by atoms with Crippen molar-refractivity contribution in [1.82, 2.24) is 5.32 Å². The monoisotopic (exact) mass is 511 g/mol. The van der Waals surface area contributed by atoms with Crippen molar-refractivity contribution in [3.05, 3.63) is 65.2 Å². The first-order valence-electron chi connectivity index (χ1n) is 14.3. The summed E-state index contributed by atoms with van der Waals surface area (Å²) in [4.78, 5) is 2.74. The molecule has 4 rings (SSSR count). The van der Waals surface area contributed by atoms with Gasteiger partial charge in [0.05, 0.1) is 0 Å². The average Bonchev–Trinajstić information content (AvgIpc) is 2.87. The number of hydrogen-bond donors (Lipinski definition) is 2. The summed E-state index contributed by atoms with van der Waals surface area (Å²) < 4.78 is 0. The third-order valence-corrected chi connectivity index (χ3v) is 8.72. The largest absolute Gasteiger partial charge is 0.366 e. The fourth-order valence-electron chi connectivity index (χ4n) is 6.42. The maximum absolute atomic E-state index is 6.80. The van der Waals surface area contributed by atoms with E-state index in [2.05, 4.69) is 86.4 Å². The van der Waals surface area contributed by atoms with Gasteiger partial charge < -0.3 is 16.0 Å². The SMILES string of the molecule is CCCCC1CNCCN1c1ccc(C(N)Cc2ccccc2)cc1C1CCC(C(C)(C)C)CC1.Cl. The van der Waals surface area contributed by atoms with Crippen molar-refractivity contribution in [3.63, 3.8) is 0 Å². The Morgan fingerprint density at radius 2 is 1.75 bits per heavy atom. The highest BCUT2D eigenvalue weighted by molar-refractivity contribution is 5.85. The van der Waals surface area contributed by atoms with Crippen LogP contribution in [0.5, 0.6) is 0 Å². The number of unbranched alkanes of at least 4 members (excludes halogenated alkanes) is 1. The van der Waals surface area contributed by atoms with Gasteiger partial charge in [-0.2, -0.15) is 0 Å². The predicted molar refractivity (Wildman–Crippen MR) is 158 cm³/mol. The number of hydrogen-bond acceptors (Lipinski definition) is 3. The molecule has 4 heteroatoms. The molecule has 0 amide bonds. The number of nitrogens with two attached hydrogens (primary N) is 1. The van der Waals surface area contributed by atoms with Crippen LogP contribution < -0.4 is 16.0 Å². The van der Waals surface area contributed by atoms with Gasteiger partial charge in [0.25, 0.3) is 0 Å². The number of nitrogens with zero attached hydrogens (tertiary/aromatic N) is 1. The first-order chi connectivity index (χ1) is 16.9. The van der Waals surface area contributed by atoms with E-state index < -0.39 is 0 Å². The van der Waals surface area contributed by atoms with Gasteiger partial charge in [0.15, 0.2) is 0 Å². The Kier molecular flexibility index (Phi) is 10.7. The lowest BCUT2D eigenvalue weighted by atomic mass is 9.68. The van der Waals surface area contributed by atoms with Crippen molar-refractivity contribution < 1.29 is 0 Å². The molecule has 2 aromatic carbocycles. The van der Waals surface area contributed by atoms with Crippen molar-refractivity contribution in [1.29, 1.82) is 0 Å². The van der Waals surface area contributed by atoms with E-state index in [1.807, 2.05) is 0 Å². The maximum Gasteiger partial charge on any atom is 0.0415 e. The molecule has 1 aliphatic carbocycles. The summed E-state index contributed by atoms with van der Waals surface area (Å²) in [5, 5.41) is 3.66. The Bertz CT molecular complexity index is 915. The molecule has 0 spiro atoms. The van der Waals surface area contributed by atoms with E-state index in [9.17, 15) is 0 Å². The summed E-state index contributed by atoms with van der Waals surface area (Å²) in [5.41, 5.74) is 12.9. The number of nitrogens with one attached hydrogen (secondary N) is 1. The van der Waals surface area contributed by atoms with Gasteiger partial charge in [0.1, 0.15) is 0 Å². The molecule has 1 heterocycles. The zero-order valence-corrected chi connectivity index (χ0v) is 24.0. The van der Waals surface area contributed by atoms with Crippen LogP contribution in [0, 0.1) is 11.3 Å². The quantitative estimate of drug-likeness (QED) is 0.382. The van der Waals surface area contributed by atoms with Gasteiger partial charge in [-0.15, -0.1) is 12.4 Å². The molecule has 2 fully saturated rings. The van der Waals surface area contributed by atoms with E-state index in [1.54, 1.807) is 5.56 Å². The number of halogens is 1. The predicted octanol–water partition coefficient (Wildman–Crippen LogP) is 7.64. The van der Waals surface area contributed by atoms with Crippen LogP contribution in [0.15, 0.2) is 48.5 Å². The normalized spacial score (nSPS) is 23.7. The van der Waals surface area contributed by atoms with Crippen molar-refractivity contribution >= 4 is 18.1 Å². The molecule has 3 N–H and O–H groups in total. The Labute approximate surface area is 227 Å². The van der Waals surface area contributed by atoms with Crippen LogP contribution in [-0.4, -0.2) is 25.7 Å². The van der Waals surface area contributed by atoms with Crippen molar-refractivity contribution in [3.8, 4) is 0 Å². The Morgan fingerprint density at radius 3 is 2.42 bits per heavy atom. The molecule has 2 atom stereocenters. The van der Waals surface area contributed by atoms with Crippen molar-refractivity contribution in [2.24, 2.45) is 17.1 Å². The first kappa shape index (κ1) is 29.0. The fourth-order valence-corrected chi connectivity index (χ4v) is 6.42. The third kappa shape index (κ3) is 7.27. The third-order valence-electron chi connectivity index (χ3n) is 8.72. The molecular formula is C32H50ClN3. The van der Waals surface area contributed by atoms with Crippen LogP contribution in [-0.2, 0) is 6.42 Å². The molecule has 0 radical (unpaired) electrons. The van der Waals surface area contributed by atoms with Crippen molar-refractivity contribution in [2.75, 3.05) is 24.5 Å². The van der Waals surface area contributed by atoms with Crippen LogP contribution in [0.4, 0.5) is 5.69 Å². The standard InChI is InChI=1S/C32H49N3.ClH/c1-5-6-12-28-23-34-19-20-35(28)31-18-15-26(30(33)21-24-10-8-7-9-11-24)22-29(31)25-13-16-27(17-14-25)32(2,3)4;/h7-11,15,18,22,25,27-28,30,34H,5-6,12-14,16-17,19-21,23,33H2,1-4H3;1H. The summed E-state index contributed by atoms with van der Waals surface area (Å²) in [6.45, 7) is 12.9. The van der Waals surface area contributed by atoms with Crippen LogP contribution in [0.3, 0.4) is 0 Å². The van der Waals surface area contributed by atoms with Crippen LogP contribution in [0.1, 0.15) is 101 Å². The lowest BCUT2D eigenvalue weighted by molar-refractivity contribution is 0.169. The van der Waals surface area contributed by atoms with E-state index in [-0.39, 0.29) is 18.4 Å². The molecule has 2 unspecified atom stereocenters. The van der Waals surface area contributed by atoms with E-state index in [0.717, 1.165) is 32.0 Å². The van der Waals surface area contributed by atoms with E-state index in [4.69, 9.17) is 5.73 Å². The van der Waals surface area contributed by atoms with E-state index >= 15 is 0 Å². The van der Waals surface area contributed by atoms with Gasteiger partial charge in [-0.1, -0.05) is 83.0 Å². The number of piperazine rings is 1. The number of benzene rings is 2. The molecule has 0 aromatic heterocycles. The Balaban J connectivity index is 0.00000361. The topological polar surface area (TPSA) is 41.3 Å². The van der Waals surface area contributed by atoms with Crippen molar-refractivity contribution in [2.45, 2.75) is 97.1 Å². The minimum atomic E-state index is 0. The van der Waals surface area contributed by atoms with Crippen LogP contribution in [0.25, 0.3) is 0 Å². The molecule has 1 saturated heterocycles. The molecule has 0 bridgehead atoms. The second kappa shape index (κ2) is 13.3. The number of rotatable bonds is 8. The zero-order valence-electron chi connectivity index (χ0n) is 23.1. The minimum Gasteiger partial charge on any atom is -0.366 e. The molecule has 2 aromatic rings. The highest BCUT2D eigenvalue weighted by Crippen LogP contribution is 2.46. The highest BCUT2D eigenvalue weighted by Gasteiger charge is 2.33. The van der Waals surface area contributed by atoms with Gasteiger partial charge in [0.2, 0.25) is 0 Å². The molecule has 2 aliphatic rings. The second-order valence-corrected chi connectivity index (χ2v) is 12.2. The molecule has 200 valence electrons. The number of anilines is 1. The first-order valence-corrected chi connectivity index (χ1v) is 14.3. The van der Waals surface area contributed by atoms with Crippen LogP contribution >= 0.6 is 12.4 Å². The zero-order chi connectivity index (χ0) is 24.8. The average molecular weight is 512 g/mol. The molecule has 1 saturated carbocycles. The van der Waals surface area contributed by atoms with Gasteiger partial charge in [-0.25, -0.2) is 0 Å². The maximum atomic E-state index is 6.80. The molecule has 1 aliphatic heterocycles. The van der Waals surface area contributed by atoms with E-state index in [0.29, 0.717) is 17.4 Å². The van der Waals surface area contributed by atoms with Gasteiger partial charge in [-0.3, -0.25) is 0 Å².